The Morgan fingerprint density at radius 3 is 2.63 bits per heavy atom. The van der Waals surface area contributed by atoms with E-state index in [4.69, 9.17) is 0 Å². The molecule has 2 atom stereocenters. The molecule has 19 heavy (non-hydrogen) atoms. The van der Waals surface area contributed by atoms with Crippen LogP contribution < -0.4 is 10.6 Å². The van der Waals surface area contributed by atoms with Crippen LogP contribution in [0.3, 0.4) is 0 Å². The van der Waals surface area contributed by atoms with Crippen LogP contribution in [0, 0.1) is 5.92 Å². The Hall–Kier alpha value is -1.39. The van der Waals surface area contributed by atoms with E-state index < -0.39 is 0 Å². The monoisotopic (exact) mass is 262 g/mol. The first-order valence-electron chi connectivity index (χ1n) is 6.89. The zero-order valence-electron chi connectivity index (χ0n) is 11.4. The van der Waals surface area contributed by atoms with Crippen LogP contribution in [0.25, 0.3) is 0 Å². The van der Waals surface area contributed by atoms with Crippen molar-refractivity contribution in [1.82, 2.24) is 10.6 Å². The van der Waals surface area contributed by atoms with Crippen LogP contribution in [0.2, 0.25) is 0 Å². The van der Waals surface area contributed by atoms with E-state index in [-0.39, 0.29) is 12.0 Å². The lowest BCUT2D eigenvalue weighted by atomic mass is 10.1. The first kappa shape index (κ1) is 14.0. The molecular formula is C15H22N2O2. The van der Waals surface area contributed by atoms with Crippen LogP contribution in [0.4, 0.5) is 0 Å². The second-order valence-electron chi connectivity index (χ2n) is 5.24. The number of aliphatic hydroxyl groups excluding tert-OH is 1. The molecular weight excluding hydrogens is 240 g/mol. The van der Waals surface area contributed by atoms with Crippen LogP contribution in [0.1, 0.15) is 35.2 Å². The first-order chi connectivity index (χ1) is 9.19. The van der Waals surface area contributed by atoms with E-state index in [1.54, 1.807) is 7.05 Å². The Bertz CT molecular complexity index is 417. The molecule has 3 N–H and O–H groups in total. The summed E-state index contributed by atoms with van der Waals surface area (Å²) >= 11 is 0. The molecule has 1 aromatic rings. The Balaban J connectivity index is 1.75. The zero-order valence-corrected chi connectivity index (χ0v) is 11.4. The topological polar surface area (TPSA) is 61.4 Å². The van der Waals surface area contributed by atoms with E-state index in [0.29, 0.717) is 11.5 Å². The van der Waals surface area contributed by atoms with E-state index in [0.717, 1.165) is 32.4 Å². The summed E-state index contributed by atoms with van der Waals surface area (Å²) in [6.45, 7) is 1.76. The molecule has 0 aliphatic heterocycles. The fraction of sp³-hybridized carbons (Fsp3) is 0.533. The average molecular weight is 262 g/mol. The van der Waals surface area contributed by atoms with Crippen molar-refractivity contribution in [3.05, 3.63) is 35.4 Å². The van der Waals surface area contributed by atoms with Gasteiger partial charge in [-0.15, -0.1) is 0 Å². The van der Waals surface area contributed by atoms with Crippen molar-refractivity contribution in [3.8, 4) is 0 Å². The number of aliphatic hydroxyl groups is 1. The number of hydrogen-bond acceptors (Lipinski definition) is 3. The second kappa shape index (κ2) is 6.68. The average Bonchev–Trinajstić information content (AvgIpc) is 2.84. The van der Waals surface area contributed by atoms with Gasteiger partial charge in [0.25, 0.3) is 5.91 Å². The molecule has 0 bridgehead atoms. The molecule has 1 aliphatic rings. The van der Waals surface area contributed by atoms with E-state index in [9.17, 15) is 9.90 Å². The number of carbonyl (C=O) groups is 1. The van der Waals surface area contributed by atoms with Crippen LogP contribution >= 0.6 is 0 Å². The molecule has 0 radical (unpaired) electrons. The highest BCUT2D eigenvalue weighted by Crippen LogP contribution is 2.24. The third-order valence-electron chi connectivity index (χ3n) is 3.72. The second-order valence-corrected chi connectivity index (χ2v) is 5.24. The molecule has 0 spiro atoms. The van der Waals surface area contributed by atoms with Crippen molar-refractivity contribution in [2.45, 2.75) is 31.9 Å². The van der Waals surface area contributed by atoms with Crippen LogP contribution in [0.5, 0.6) is 0 Å². The van der Waals surface area contributed by atoms with Gasteiger partial charge in [-0.25, -0.2) is 0 Å². The minimum Gasteiger partial charge on any atom is -0.393 e. The number of carbonyl (C=O) groups excluding carboxylic acids is 1. The summed E-state index contributed by atoms with van der Waals surface area (Å²) in [5.41, 5.74) is 1.86. The van der Waals surface area contributed by atoms with Gasteiger partial charge in [-0.05, 0) is 49.4 Å². The molecule has 1 amide bonds. The molecule has 4 nitrogen and oxygen atoms in total. The quantitative estimate of drug-likeness (QED) is 0.749. The van der Waals surface area contributed by atoms with E-state index >= 15 is 0 Å². The standard InChI is InChI=1S/C15H22N2O2/c1-16-15(19)13-5-2-11(3-6-13)9-17-10-12-4-7-14(18)8-12/h2-3,5-6,12,14,17-18H,4,7-10H2,1H3,(H,16,19). The van der Waals surface area contributed by atoms with E-state index in [1.807, 2.05) is 24.3 Å². The third kappa shape index (κ3) is 4.04. The van der Waals surface area contributed by atoms with Gasteiger partial charge < -0.3 is 15.7 Å². The smallest absolute Gasteiger partial charge is 0.251 e. The van der Waals surface area contributed by atoms with E-state index in [1.165, 1.54) is 5.56 Å². The van der Waals surface area contributed by atoms with Gasteiger partial charge in [0.15, 0.2) is 0 Å². The highest BCUT2D eigenvalue weighted by molar-refractivity contribution is 5.93. The van der Waals surface area contributed by atoms with Crippen LogP contribution in [-0.2, 0) is 6.54 Å². The zero-order chi connectivity index (χ0) is 13.7. The van der Waals surface area contributed by atoms with Crippen LogP contribution in [-0.4, -0.2) is 30.7 Å². The summed E-state index contributed by atoms with van der Waals surface area (Å²) < 4.78 is 0. The Kier molecular flexibility index (Phi) is 4.93. The van der Waals surface area contributed by atoms with Crippen molar-refractivity contribution >= 4 is 5.91 Å². The number of amides is 1. The lowest BCUT2D eigenvalue weighted by molar-refractivity contribution is 0.0963. The summed E-state index contributed by atoms with van der Waals surface area (Å²) in [5.74, 6) is 0.541. The van der Waals surface area contributed by atoms with Gasteiger partial charge in [-0.1, -0.05) is 12.1 Å². The molecule has 0 aromatic heterocycles. The van der Waals surface area contributed by atoms with Gasteiger partial charge in [0, 0.05) is 19.2 Å². The molecule has 1 saturated carbocycles. The van der Waals surface area contributed by atoms with Crippen molar-refractivity contribution in [2.75, 3.05) is 13.6 Å². The maximum absolute atomic E-state index is 11.4. The molecule has 2 rings (SSSR count). The summed E-state index contributed by atoms with van der Waals surface area (Å²) in [6.07, 6.45) is 2.87. The normalized spacial score (nSPS) is 22.4. The summed E-state index contributed by atoms with van der Waals surface area (Å²) in [5, 5.41) is 15.5. The summed E-state index contributed by atoms with van der Waals surface area (Å²) in [7, 11) is 1.63. The number of nitrogens with one attached hydrogen (secondary N) is 2. The third-order valence-corrected chi connectivity index (χ3v) is 3.72. The maximum atomic E-state index is 11.4. The maximum Gasteiger partial charge on any atom is 0.251 e. The Morgan fingerprint density at radius 1 is 1.32 bits per heavy atom. The molecule has 0 heterocycles. The van der Waals surface area contributed by atoms with Gasteiger partial charge in [0.1, 0.15) is 0 Å². The predicted molar refractivity (Wildman–Crippen MR) is 74.9 cm³/mol. The number of benzene rings is 1. The molecule has 1 aromatic carbocycles. The summed E-state index contributed by atoms with van der Waals surface area (Å²) in [4.78, 5) is 11.4. The minimum absolute atomic E-state index is 0.0561. The van der Waals surface area contributed by atoms with Gasteiger partial charge in [-0.3, -0.25) is 4.79 Å². The van der Waals surface area contributed by atoms with Gasteiger partial charge >= 0.3 is 0 Å². The first-order valence-corrected chi connectivity index (χ1v) is 6.89. The van der Waals surface area contributed by atoms with Crippen molar-refractivity contribution in [1.29, 1.82) is 0 Å². The highest BCUT2D eigenvalue weighted by Gasteiger charge is 2.21. The van der Waals surface area contributed by atoms with E-state index in [2.05, 4.69) is 10.6 Å². The molecule has 104 valence electrons. The van der Waals surface area contributed by atoms with Gasteiger partial charge in [-0.2, -0.15) is 0 Å². The fourth-order valence-electron chi connectivity index (χ4n) is 2.57. The number of hydrogen-bond donors (Lipinski definition) is 3. The van der Waals surface area contributed by atoms with Gasteiger partial charge in [0.05, 0.1) is 6.10 Å². The van der Waals surface area contributed by atoms with Crippen LogP contribution in [0.15, 0.2) is 24.3 Å². The Labute approximate surface area is 114 Å². The SMILES string of the molecule is CNC(=O)c1ccc(CNCC2CCC(O)C2)cc1. The molecule has 1 aliphatic carbocycles. The Morgan fingerprint density at radius 2 is 2.05 bits per heavy atom. The van der Waals surface area contributed by atoms with Crippen molar-refractivity contribution in [3.63, 3.8) is 0 Å². The molecule has 2 unspecified atom stereocenters. The molecule has 1 fully saturated rings. The lowest BCUT2D eigenvalue weighted by Crippen LogP contribution is -2.21. The lowest BCUT2D eigenvalue weighted by Gasteiger charge is -2.11. The minimum atomic E-state index is -0.0985. The van der Waals surface area contributed by atoms with Crippen molar-refractivity contribution < 1.29 is 9.90 Å². The highest BCUT2D eigenvalue weighted by atomic mass is 16.3. The van der Waals surface area contributed by atoms with Crippen molar-refractivity contribution in [2.24, 2.45) is 5.92 Å². The predicted octanol–water partition coefficient (Wildman–Crippen LogP) is 1.30. The number of rotatable bonds is 5. The fourth-order valence-corrected chi connectivity index (χ4v) is 2.57. The van der Waals surface area contributed by atoms with Gasteiger partial charge in [0.2, 0.25) is 0 Å². The molecule has 4 heteroatoms. The summed E-state index contributed by atoms with van der Waals surface area (Å²) in [6, 6.07) is 7.63. The molecule has 0 saturated heterocycles. The largest absolute Gasteiger partial charge is 0.393 e.